The van der Waals surface area contributed by atoms with E-state index in [0.29, 0.717) is 6.42 Å². The van der Waals surface area contributed by atoms with Gasteiger partial charge in [0.05, 0.1) is 0 Å². The lowest BCUT2D eigenvalue weighted by atomic mass is 9.92. The third-order valence-electron chi connectivity index (χ3n) is 5.22. The molecule has 126 valence electrons. The number of amides is 2. The summed E-state index contributed by atoms with van der Waals surface area (Å²) in [5.74, 6) is 0.325. The van der Waals surface area contributed by atoms with Gasteiger partial charge in [0.15, 0.2) is 0 Å². The Labute approximate surface area is 133 Å². The van der Waals surface area contributed by atoms with Crippen LogP contribution in [0.1, 0.15) is 33.1 Å². The topological polar surface area (TPSA) is 53.1 Å². The van der Waals surface area contributed by atoms with Crippen molar-refractivity contribution in [2.24, 2.45) is 0 Å². The van der Waals surface area contributed by atoms with Crippen LogP contribution in [-0.2, 0) is 14.3 Å². The second-order valence-corrected chi connectivity index (χ2v) is 6.30. The molecule has 0 bridgehead atoms. The molecule has 0 radical (unpaired) electrons. The van der Waals surface area contributed by atoms with Crippen LogP contribution in [-0.4, -0.2) is 85.0 Å². The smallest absolute Gasteiger partial charge is 0.248 e. The number of rotatable bonds is 5. The maximum atomic E-state index is 12.0. The first-order chi connectivity index (χ1) is 10.6. The molecular formula is C16H29N3O3. The zero-order valence-electron chi connectivity index (χ0n) is 14.1. The molecule has 1 unspecified atom stereocenters. The lowest BCUT2D eigenvalue weighted by molar-refractivity contribution is -0.137. The van der Waals surface area contributed by atoms with E-state index in [1.807, 2.05) is 16.7 Å². The lowest BCUT2D eigenvalue weighted by Gasteiger charge is -2.45. The summed E-state index contributed by atoms with van der Waals surface area (Å²) in [7, 11) is 1.55. The van der Waals surface area contributed by atoms with E-state index in [4.69, 9.17) is 4.74 Å². The number of ether oxygens (including phenoxy) is 1. The fraction of sp³-hybridized carbons (Fsp3) is 0.875. The minimum absolute atomic E-state index is 0.0712. The van der Waals surface area contributed by atoms with Crippen molar-refractivity contribution in [1.82, 2.24) is 14.7 Å². The molecule has 2 amide bonds. The number of carbonyl (C=O) groups excluding carboxylic acids is 2. The van der Waals surface area contributed by atoms with Crippen molar-refractivity contribution in [1.29, 1.82) is 0 Å². The summed E-state index contributed by atoms with van der Waals surface area (Å²) < 4.78 is 4.93. The molecule has 0 N–H and O–H groups in total. The van der Waals surface area contributed by atoms with Crippen molar-refractivity contribution in [2.75, 3.05) is 53.0 Å². The van der Waals surface area contributed by atoms with Gasteiger partial charge in [-0.2, -0.15) is 0 Å². The van der Waals surface area contributed by atoms with Crippen molar-refractivity contribution in [3.8, 4) is 0 Å². The fourth-order valence-electron chi connectivity index (χ4n) is 3.71. The van der Waals surface area contributed by atoms with Crippen LogP contribution in [0.5, 0.6) is 0 Å². The molecule has 0 aromatic carbocycles. The monoisotopic (exact) mass is 311 g/mol. The van der Waals surface area contributed by atoms with Crippen LogP contribution in [0.3, 0.4) is 0 Å². The Morgan fingerprint density at radius 1 is 1.00 bits per heavy atom. The van der Waals surface area contributed by atoms with Crippen LogP contribution < -0.4 is 0 Å². The van der Waals surface area contributed by atoms with Crippen molar-refractivity contribution in [2.45, 2.75) is 38.6 Å². The van der Waals surface area contributed by atoms with E-state index in [1.165, 1.54) is 0 Å². The highest BCUT2D eigenvalue weighted by Gasteiger charge is 2.43. The highest BCUT2D eigenvalue weighted by molar-refractivity contribution is 5.77. The van der Waals surface area contributed by atoms with E-state index in [-0.39, 0.29) is 24.0 Å². The van der Waals surface area contributed by atoms with Gasteiger partial charge in [0, 0.05) is 58.3 Å². The van der Waals surface area contributed by atoms with E-state index >= 15 is 0 Å². The second kappa shape index (κ2) is 7.42. The molecule has 0 aliphatic carbocycles. The first-order valence-corrected chi connectivity index (χ1v) is 8.36. The average Bonchev–Trinajstić information content (AvgIpc) is 3.00. The van der Waals surface area contributed by atoms with Crippen LogP contribution in [0.4, 0.5) is 0 Å². The van der Waals surface area contributed by atoms with E-state index in [0.717, 1.165) is 52.1 Å². The number of hydrogen-bond acceptors (Lipinski definition) is 4. The lowest BCUT2D eigenvalue weighted by Crippen LogP contribution is -2.59. The second-order valence-electron chi connectivity index (χ2n) is 6.30. The number of likely N-dealkylation sites (tertiary alicyclic amines) is 1. The molecule has 1 atom stereocenters. The van der Waals surface area contributed by atoms with Crippen LogP contribution in [0, 0.1) is 0 Å². The van der Waals surface area contributed by atoms with Gasteiger partial charge in [0.1, 0.15) is 6.61 Å². The maximum absolute atomic E-state index is 12.0. The summed E-state index contributed by atoms with van der Waals surface area (Å²) in [5, 5.41) is 0. The zero-order chi connectivity index (χ0) is 16.2. The number of methoxy groups -OCH3 is 1. The number of piperazine rings is 1. The summed E-state index contributed by atoms with van der Waals surface area (Å²) in [4.78, 5) is 30.2. The molecule has 2 aliphatic heterocycles. The predicted octanol–water partition coefficient (Wildman–Crippen LogP) is 0.568. The van der Waals surface area contributed by atoms with Crippen molar-refractivity contribution >= 4 is 11.8 Å². The average molecular weight is 311 g/mol. The molecule has 2 fully saturated rings. The normalized spacial score (nSPS) is 26.5. The highest BCUT2D eigenvalue weighted by atomic mass is 16.5. The summed E-state index contributed by atoms with van der Waals surface area (Å²) in [6.45, 7) is 9.28. The first-order valence-electron chi connectivity index (χ1n) is 8.36. The first kappa shape index (κ1) is 17.2. The van der Waals surface area contributed by atoms with Gasteiger partial charge in [0.25, 0.3) is 0 Å². The number of carbonyl (C=O) groups is 2. The standard InChI is InChI=1S/C16H29N3O3/c1-4-14(20)18-7-6-16(5-2,13-18)19-10-8-17(9-11-19)15(21)12-22-3/h4-13H2,1-3H3. The van der Waals surface area contributed by atoms with Crippen molar-refractivity contribution in [3.63, 3.8) is 0 Å². The zero-order valence-corrected chi connectivity index (χ0v) is 14.1. The molecule has 22 heavy (non-hydrogen) atoms. The van der Waals surface area contributed by atoms with Gasteiger partial charge < -0.3 is 14.5 Å². The van der Waals surface area contributed by atoms with Gasteiger partial charge in [-0.3, -0.25) is 14.5 Å². The molecule has 0 aromatic heterocycles. The van der Waals surface area contributed by atoms with Gasteiger partial charge in [-0.05, 0) is 12.8 Å². The largest absolute Gasteiger partial charge is 0.375 e. The minimum atomic E-state index is 0.0712. The molecule has 0 aromatic rings. The highest BCUT2D eigenvalue weighted by Crippen LogP contribution is 2.32. The third-order valence-corrected chi connectivity index (χ3v) is 5.22. The molecule has 6 heteroatoms. The van der Waals surface area contributed by atoms with E-state index in [9.17, 15) is 9.59 Å². The Morgan fingerprint density at radius 2 is 1.68 bits per heavy atom. The molecule has 2 rings (SSSR count). The van der Waals surface area contributed by atoms with E-state index in [2.05, 4.69) is 11.8 Å². The summed E-state index contributed by atoms with van der Waals surface area (Å²) in [5.41, 5.74) is 0.0984. The molecule has 2 heterocycles. The van der Waals surface area contributed by atoms with Crippen LogP contribution >= 0.6 is 0 Å². The Balaban J connectivity index is 1.94. The van der Waals surface area contributed by atoms with E-state index in [1.54, 1.807) is 7.11 Å². The quantitative estimate of drug-likeness (QED) is 0.745. The Kier molecular flexibility index (Phi) is 5.81. The summed E-state index contributed by atoms with van der Waals surface area (Å²) in [6.07, 6.45) is 2.67. The Bertz CT molecular complexity index is 407. The van der Waals surface area contributed by atoms with Crippen LogP contribution in [0.2, 0.25) is 0 Å². The van der Waals surface area contributed by atoms with Crippen molar-refractivity contribution < 1.29 is 14.3 Å². The van der Waals surface area contributed by atoms with E-state index < -0.39 is 0 Å². The van der Waals surface area contributed by atoms with Gasteiger partial charge >= 0.3 is 0 Å². The van der Waals surface area contributed by atoms with Crippen LogP contribution in [0.25, 0.3) is 0 Å². The molecule has 2 saturated heterocycles. The molecule has 0 spiro atoms. The molecule has 2 aliphatic rings. The Hall–Kier alpha value is -1.14. The van der Waals surface area contributed by atoms with Gasteiger partial charge in [0.2, 0.25) is 11.8 Å². The number of nitrogens with zero attached hydrogens (tertiary/aromatic N) is 3. The Morgan fingerprint density at radius 3 is 2.23 bits per heavy atom. The van der Waals surface area contributed by atoms with Gasteiger partial charge in [-0.1, -0.05) is 13.8 Å². The fourth-order valence-corrected chi connectivity index (χ4v) is 3.71. The van der Waals surface area contributed by atoms with Gasteiger partial charge in [-0.15, -0.1) is 0 Å². The molecule has 6 nitrogen and oxygen atoms in total. The van der Waals surface area contributed by atoms with Crippen LogP contribution in [0.15, 0.2) is 0 Å². The predicted molar refractivity (Wildman–Crippen MR) is 84.5 cm³/mol. The van der Waals surface area contributed by atoms with Crippen molar-refractivity contribution in [3.05, 3.63) is 0 Å². The minimum Gasteiger partial charge on any atom is -0.375 e. The summed E-state index contributed by atoms with van der Waals surface area (Å²) in [6, 6.07) is 0. The maximum Gasteiger partial charge on any atom is 0.248 e. The van der Waals surface area contributed by atoms with Gasteiger partial charge in [-0.25, -0.2) is 0 Å². The SMILES string of the molecule is CCC(=O)N1CCC(CC)(N2CCN(C(=O)COC)CC2)C1. The third kappa shape index (κ3) is 3.43. The molecular weight excluding hydrogens is 282 g/mol. The summed E-state index contributed by atoms with van der Waals surface area (Å²) >= 11 is 0. The number of hydrogen-bond donors (Lipinski definition) is 0. The molecule has 0 saturated carbocycles.